The van der Waals surface area contributed by atoms with E-state index in [9.17, 15) is 12.8 Å². The maximum absolute atomic E-state index is 13.0. The molecule has 0 amide bonds. The van der Waals surface area contributed by atoms with Gasteiger partial charge in [-0.2, -0.15) is 5.10 Å². The summed E-state index contributed by atoms with van der Waals surface area (Å²) in [6.07, 6.45) is 0. The quantitative estimate of drug-likeness (QED) is 0.756. The molecule has 2 aromatic rings. The van der Waals surface area contributed by atoms with Crippen LogP contribution < -0.4 is 10.5 Å². The third kappa shape index (κ3) is 2.73. The molecule has 3 N–H and O–H groups in total. The first-order valence-electron chi connectivity index (χ1n) is 5.49. The molecule has 0 radical (unpaired) electrons. The monoisotopic (exact) mass is 410 g/mol. The van der Waals surface area contributed by atoms with Gasteiger partial charge in [-0.15, -0.1) is 0 Å². The third-order valence-corrected chi connectivity index (χ3v) is 5.17. The lowest BCUT2D eigenvalue weighted by molar-refractivity contribution is 0.600. The van der Waals surface area contributed by atoms with Gasteiger partial charge in [0.25, 0.3) is 10.0 Å². The number of sulfonamides is 1. The molecule has 0 saturated heterocycles. The maximum atomic E-state index is 13.0. The SMILES string of the molecule is Cc1c(S(=O)(=O)Nc2ccc(F)cc2I)c(N)nn1C. The number of nitrogens with one attached hydrogen (secondary N) is 1. The average Bonchev–Trinajstić information content (AvgIpc) is 2.57. The molecule has 20 heavy (non-hydrogen) atoms. The van der Waals surface area contributed by atoms with Crippen LogP contribution in [-0.4, -0.2) is 18.2 Å². The van der Waals surface area contributed by atoms with Crippen molar-refractivity contribution in [1.29, 1.82) is 0 Å². The Balaban J connectivity index is 2.46. The largest absolute Gasteiger partial charge is 0.381 e. The number of benzene rings is 1. The van der Waals surface area contributed by atoms with E-state index in [0.29, 0.717) is 9.26 Å². The Morgan fingerprint density at radius 2 is 2.10 bits per heavy atom. The zero-order valence-corrected chi connectivity index (χ0v) is 13.7. The number of halogens is 2. The molecular formula is C11H12FIN4O2S. The highest BCUT2D eigenvalue weighted by molar-refractivity contribution is 14.1. The first kappa shape index (κ1) is 15.0. The Kier molecular flexibility index (Phi) is 3.91. The molecule has 1 aromatic heterocycles. The maximum Gasteiger partial charge on any atom is 0.267 e. The van der Waals surface area contributed by atoms with E-state index in [1.54, 1.807) is 14.0 Å². The van der Waals surface area contributed by atoms with E-state index in [4.69, 9.17) is 5.73 Å². The zero-order valence-electron chi connectivity index (χ0n) is 10.7. The number of aromatic nitrogens is 2. The molecule has 6 nitrogen and oxygen atoms in total. The van der Waals surface area contributed by atoms with Crippen LogP contribution in [0.1, 0.15) is 5.69 Å². The summed E-state index contributed by atoms with van der Waals surface area (Å²) in [5.74, 6) is -0.510. The van der Waals surface area contributed by atoms with E-state index < -0.39 is 15.8 Å². The number of hydrogen-bond donors (Lipinski definition) is 2. The van der Waals surface area contributed by atoms with Gasteiger partial charge in [0.2, 0.25) is 0 Å². The van der Waals surface area contributed by atoms with Crippen molar-refractivity contribution in [1.82, 2.24) is 9.78 Å². The topological polar surface area (TPSA) is 90.0 Å². The summed E-state index contributed by atoms with van der Waals surface area (Å²) in [5.41, 5.74) is 6.34. The molecule has 0 aliphatic rings. The molecule has 9 heteroatoms. The van der Waals surface area contributed by atoms with Gasteiger partial charge in [-0.05, 0) is 47.7 Å². The second-order valence-electron chi connectivity index (χ2n) is 4.15. The van der Waals surface area contributed by atoms with Crippen LogP contribution in [0.3, 0.4) is 0 Å². The fourth-order valence-electron chi connectivity index (χ4n) is 1.71. The van der Waals surface area contributed by atoms with Gasteiger partial charge < -0.3 is 5.73 Å². The Labute approximate surface area is 129 Å². The molecular weight excluding hydrogens is 398 g/mol. The van der Waals surface area contributed by atoms with Crippen LogP contribution in [-0.2, 0) is 17.1 Å². The van der Waals surface area contributed by atoms with Gasteiger partial charge in [-0.25, -0.2) is 12.8 Å². The van der Waals surface area contributed by atoms with Crippen LogP contribution in [0.2, 0.25) is 0 Å². The molecule has 0 saturated carbocycles. The van der Waals surface area contributed by atoms with Crippen LogP contribution >= 0.6 is 22.6 Å². The standard InChI is InChI=1S/C11H12FIN4O2S/c1-6-10(11(14)15-17(6)2)20(18,19)16-9-4-3-7(12)5-8(9)13/h3-5,16H,1-2H3,(H2,14,15). The normalized spacial score (nSPS) is 11.6. The summed E-state index contributed by atoms with van der Waals surface area (Å²) in [4.78, 5) is -0.0693. The fourth-order valence-corrected chi connectivity index (χ4v) is 3.92. The van der Waals surface area contributed by atoms with E-state index in [1.807, 2.05) is 22.6 Å². The fraction of sp³-hybridized carbons (Fsp3) is 0.182. The van der Waals surface area contributed by atoms with Crippen molar-refractivity contribution in [3.63, 3.8) is 0 Å². The Morgan fingerprint density at radius 3 is 2.60 bits per heavy atom. The number of anilines is 2. The van der Waals surface area contributed by atoms with Gasteiger partial charge in [0.1, 0.15) is 5.82 Å². The predicted molar refractivity (Wildman–Crippen MR) is 82.3 cm³/mol. The molecule has 1 aromatic carbocycles. The van der Waals surface area contributed by atoms with E-state index in [2.05, 4.69) is 9.82 Å². The predicted octanol–water partition coefficient (Wildman–Crippen LogP) is 1.86. The number of aryl methyl sites for hydroxylation is 1. The lowest BCUT2D eigenvalue weighted by atomic mass is 10.3. The summed E-state index contributed by atoms with van der Waals surface area (Å²) in [6, 6.07) is 3.77. The smallest absolute Gasteiger partial charge is 0.267 e. The minimum Gasteiger partial charge on any atom is -0.381 e. The lowest BCUT2D eigenvalue weighted by Crippen LogP contribution is -2.16. The first-order valence-corrected chi connectivity index (χ1v) is 8.05. The Morgan fingerprint density at radius 1 is 1.45 bits per heavy atom. The zero-order chi connectivity index (χ0) is 15.1. The molecule has 0 unspecified atom stereocenters. The van der Waals surface area contributed by atoms with E-state index in [-0.39, 0.29) is 16.4 Å². The van der Waals surface area contributed by atoms with Crippen molar-refractivity contribution in [2.24, 2.45) is 7.05 Å². The summed E-state index contributed by atoms with van der Waals surface area (Å²) in [6.45, 7) is 1.60. The van der Waals surface area contributed by atoms with Gasteiger partial charge in [-0.1, -0.05) is 0 Å². The van der Waals surface area contributed by atoms with Crippen molar-refractivity contribution in [3.8, 4) is 0 Å². The highest BCUT2D eigenvalue weighted by Crippen LogP contribution is 2.26. The van der Waals surface area contributed by atoms with Crippen LogP contribution in [0.4, 0.5) is 15.9 Å². The minimum absolute atomic E-state index is 0.0693. The minimum atomic E-state index is -3.87. The highest BCUT2D eigenvalue weighted by atomic mass is 127. The second-order valence-corrected chi connectivity index (χ2v) is 6.93. The third-order valence-electron chi connectivity index (χ3n) is 2.75. The first-order chi connectivity index (χ1) is 9.22. The second kappa shape index (κ2) is 5.20. The molecule has 0 atom stereocenters. The highest BCUT2D eigenvalue weighted by Gasteiger charge is 2.25. The van der Waals surface area contributed by atoms with Gasteiger partial charge in [0.05, 0.1) is 11.4 Å². The van der Waals surface area contributed by atoms with Gasteiger partial charge in [0, 0.05) is 10.6 Å². The van der Waals surface area contributed by atoms with Crippen molar-refractivity contribution in [2.45, 2.75) is 11.8 Å². The van der Waals surface area contributed by atoms with Crippen molar-refractivity contribution in [2.75, 3.05) is 10.5 Å². The summed E-state index contributed by atoms with van der Waals surface area (Å²) in [5, 5.41) is 3.87. The number of hydrogen-bond acceptors (Lipinski definition) is 4. The number of nitrogens with zero attached hydrogens (tertiary/aromatic N) is 2. The van der Waals surface area contributed by atoms with Crippen LogP contribution in [0, 0.1) is 16.3 Å². The number of nitrogens with two attached hydrogens (primary N) is 1. The molecule has 0 fully saturated rings. The number of rotatable bonds is 3. The van der Waals surface area contributed by atoms with E-state index in [1.165, 1.54) is 22.9 Å². The van der Waals surface area contributed by atoms with E-state index >= 15 is 0 Å². The van der Waals surface area contributed by atoms with Gasteiger partial charge >= 0.3 is 0 Å². The Bertz CT molecular complexity index is 773. The van der Waals surface area contributed by atoms with Crippen molar-refractivity contribution in [3.05, 3.63) is 33.3 Å². The Hall–Kier alpha value is -1.36. The lowest BCUT2D eigenvalue weighted by Gasteiger charge is -2.10. The number of nitrogen functional groups attached to an aromatic ring is 1. The molecule has 1 heterocycles. The van der Waals surface area contributed by atoms with Crippen molar-refractivity contribution < 1.29 is 12.8 Å². The molecule has 108 valence electrons. The van der Waals surface area contributed by atoms with Gasteiger partial charge in [0.15, 0.2) is 10.7 Å². The van der Waals surface area contributed by atoms with Crippen LogP contribution in [0.15, 0.2) is 23.1 Å². The summed E-state index contributed by atoms with van der Waals surface area (Å²) < 4.78 is 42.0. The summed E-state index contributed by atoms with van der Waals surface area (Å²) in [7, 11) is -2.27. The molecule has 0 aliphatic heterocycles. The average molecular weight is 410 g/mol. The van der Waals surface area contributed by atoms with E-state index in [0.717, 1.165) is 0 Å². The molecule has 0 bridgehead atoms. The van der Waals surface area contributed by atoms with Crippen LogP contribution in [0.5, 0.6) is 0 Å². The van der Waals surface area contributed by atoms with Crippen LogP contribution in [0.25, 0.3) is 0 Å². The van der Waals surface area contributed by atoms with Gasteiger partial charge in [-0.3, -0.25) is 9.40 Å². The summed E-state index contributed by atoms with van der Waals surface area (Å²) >= 11 is 1.85. The van der Waals surface area contributed by atoms with Crippen molar-refractivity contribution >= 4 is 44.1 Å². The molecule has 2 rings (SSSR count). The molecule has 0 aliphatic carbocycles. The molecule has 0 spiro atoms.